The van der Waals surface area contributed by atoms with Crippen molar-refractivity contribution in [1.29, 1.82) is 0 Å². The van der Waals surface area contributed by atoms with Crippen molar-refractivity contribution in [2.24, 2.45) is 5.92 Å². The first-order valence-electron chi connectivity index (χ1n) is 5.26. The van der Waals surface area contributed by atoms with E-state index in [-0.39, 0.29) is 17.5 Å². The van der Waals surface area contributed by atoms with Gasteiger partial charge < -0.3 is 10.6 Å². The maximum Gasteiger partial charge on any atom is 0.255 e. The number of hydrogen-bond acceptors (Lipinski definition) is 3. The molecule has 0 spiro atoms. The number of rotatable bonds is 3. The van der Waals surface area contributed by atoms with E-state index in [1.165, 1.54) is 6.07 Å². The van der Waals surface area contributed by atoms with Crippen molar-refractivity contribution in [3.63, 3.8) is 0 Å². The molecule has 5 heteroatoms. The summed E-state index contributed by atoms with van der Waals surface area (Å²) in [6.07, 6.45) is 2.08. The Labute approximate surface area is 93.3 Å². The highest BCUT2D eigenvalue weighted by Gasteiger charge is 2.34. The fraction of sp³-hybridized carbons (Fsp3) is 0.455. The molecule has 2 unspecified atom stereocenters. The Bertz CT molecular complexity index is 422. The summed E-state index contributed by atoms with van der Waals surface area (Å²) in [6.45, 7) is 2.06. The summed E-state index contributed by atoms with van der Waals surface area (Å²) in [5, 5.41) is 5.61. The van der Waals surface area contributed by atoms with E-state index in [1.54, 1.807) is 7.05 Å². The monoisotopic (exact) mass is 223 g/mol. The minimum Gasteiger partial charge on any atom is -0.372 e. The highest BCUT2D eigenvalue weighted by Crippen LogP contribution is 2.29. The normalized spacial score (nSPS) is 22.7. The average Bonchev–Trinajstić information content (AvgIpc) is 2.94. The number of amides is 1. The zero-order valence-electron chi connectivity index (χ0n) is 9.25. The van der Waals surface area contributed by atoms with E-state index < -0.39 is 5.82 Å². The van der Waals surface area contributed by atoms with E-state index in [2.05, 4.69) is 22.5 Å². The first kappa shape index (κ1) is 10.9. The Balaban J connectivity index is 2.17. The molecule has 1 aromatic heterocycles. The van der Waals surface area contributed by atoms with Gasteiger partial charge in [0.25, 0.3) is 5.91 Å². The topological polar surface area (TPSA) is 54.0 Å². The second-order valence-corrected chi connectivity index (χ2v) is 4.09. The summed E-state index contributed by atoms with van der Waals surface area (Å²) < 4.78 is 13.0. The molecule has 0 saturated heterocycles. The van der Waals surface area contributed by atoms with E-state index in [4.69, 9.17) is 0 Å². The molecule has 0 aromatic carbocycles. The van der Waals surface area contributed by atoms with E-state index >= 15 is 0 Å². The largest absolute Gasteiger partial charge is 0.372 e. The maximum atomic E-state index is 13.0. The van der Waals surface area contributed by atoms with Gasteiger partial charge in [0.05, 0.1) is 11.8 Å². The van der Waals surface area contributed by atoms with Crippen molar-refractivity contribution in [2.75, 3.05) is 12.4 Å². The lowest BCUT2D eigenvalue weighted by Gasteiger charge is -2.08. The van der Waals surface area contributed by atoms with Crippen LogP contribution in [0.15, 0.2) is 12.3 Å². The number of hydrogen-bond donors (Lipinski definition) is 2. The molecule has 1 amide bonds. The molecule has 1 aromatic rings. The molecule has 2 N–H and O–H groups in total. The quantitative estimate of drug-likeness (QED) is 0.814. The fourth-order valence-electron chi connectivity index (χ4n) is 1.58. The molecule has 16 heavy (non-hydrogen) atoms. The van der Waals surface area contributed by atoms with Gasteiger partial charge in [0, 0.05) is 13.1 Å². The number of pyridine rings is 1. The lowest BCUT2D eigenvalue weighted by Crippen LogP contribution is -2.27. The smallest absolute Gasteiger partial charge is 0.255 e. The molecule has 1 fully saturated rings. The molecule has 0 radical (unpaired) electrons. The van der Waals surface area contributed by atoms with Crippen molar-refractivity contribution in [2.45, 2.75) is 19.4 Å². The number of carbonyl (C=O) groups is 1. The van der Waals surface area contributed by atoms with Gasteiger partial charge in [0.15, 0.2) is 0 Å². The number of anilines is 1. The molecule has 2 atom stereocenters. The van der Waals surface area contributed by atoms with Crippen molar-refractivity contribution < 1.29 is 9.18 Å². The fourth-order valence-corrected chi connectivity index (χ4v) is 1.58. The second-order valence-electron chi connectivity index (χ2n) is 4.09. The van der Waals surface area contributed by atoms with Crippen LogP contribution < -0.4 is 10.6 Å². The van der Waals surface area contributed by atoms with Crippen LogP contribution in [0.1, 0.15) is 23.7 Å². The Morgan fingerprint density at radius 1 is 1.62 bits per heavy atom. The lowest BCUT2D eigenvalue weighted by molar-refractivity contribution is 0.0949. The first-order chi connectivity index (χ1) is 7.61. The summed E-state index contributed by atoms with van der Waals surface area (Å²) in [5.41, 5.74) is 0.251. The summed E-state index contributed by atoms with van der Waals surface area (Å²) in [4.78, 5) is 15.6. The van der Waals surface area contributed by atoms with Crippen molar-refractivity contribution in [3.8, 4) is 0 Å². The third-order valence-electron chi connectivity index (χ3n) is 2.76. The Morgan fingerprint density at radius 3 is 2.88 bits per heavy atom. The van der Waals surface area contributed by atoms with Gasteiger partial charge in [-0.1, -0.05) is 6.92 Å². The number of nitrogens with one attached hydrogen (secondary N) is 2. The zero-order valence-corrected chi connectivity index (χ0v) is 9.25. The minimum atomic E-state index is -0.506. The maximum absolute atomic E-state index is 13.0. The average molecular weight is 223 g/mol. The minimum absolute atomic E-state index is 0.223. The predicted molar refractivity (Wildman–Crippen MR) is 58.8 cm³/mol. The van der Waals surface area contributed by atoms with Crippen LogP contribution in [0.25, 0.3) is 0 Å². The van der Waals surface area contributed by atoms with Gasteiger partial charge in [-0.15, -0.1) is 0 Å². The van der Waals surface area contributed by atoms with Gasteiger partial charge in [0.2, 0.25) is 0 Å². The summed E-state index contributed by atoms with van der Waals surface area (Å²) in [5.74, 6) is 0.134. The lowest BCUT2D eigenvalue weighted by atomic mass is 10.2. The first-order valence-corrected chi connectivity index (χ1v) is 5.26. The van der Waals surface area contributed by atoms with E-state index in [0.717, 1.165) is 12.6 Å². The number of nitrogens with zero attached hydrogens (tertiary/aromatic N) is 1. The number of aromatic nitrogens is 1. The van der Waals surface area contributed by atoms with Crippen molar-refractivity contribution in [1.82, 2.24) is 10.3 Å². The highest BCUT2D eigenvalue weighted by atomic mass is 19.1. The van der Waals surface area contributed by atoms with Gasteiger partial charge in [-0.25, -0.2) is 9.37 Å². The van der Waals surface area contributed by atoms with E-state index in [0.29, 0.717) is 11.7 Å². The molecule has 1 aliphatic rings. The Kier molecular flexibility index (Phi) is 2.77. The molecule has 0 bridgehead atoms. The Hall–Kier alpha value is -1.65. The van der Waals surface area contributed by atoms with Crippen molar-refractivity contribution >= 4 is 11.7 Å². The molecule has 1 aliphatic carbocycles. The van der Waals surface area contributed by atoms with Gasteiger partial charge >= 0.3 is 0 Å². The van der Waals surface area contributed by atoms with Crippen LogP contribution in [0.2, 0.25) is 0 Å². The third kappa shape index (κ3) is 2.13. The molecule has 1 saturated carbocycles. The van der Waals surface area contributed by atoms with Crippen LogP contribution >= 0.6 is 0 Å². The van der Waals surface area contributed by atoms with Crippen LogP contribution in [0.4, 0.5) is 10.2 Å². The SMILES string of the molecule is CNc1ncc(F)cc1C(=O)NC1CC1C. The third-order valence-corrected chi connectivity index (χ3v) is 2.76. The van der Waals surface area contributed by atoms with Gasteiger partial charge in [0.1, 0.15) is 11.6 Å². The van der Waals surface area contributed by atoms with Crippen molar-refractivity contribution in [3.05, 3.63) is 23.6 Å². The Morgan fingerprint density at radius 2 is 2.31 bits per heavy atom. The van der Waals surface area contributed by atoms with E-state index in [9.17, 15) is 9.18 Å². The molecular formula is C11H14FN3O. The number of halogens is 1. The van der Waals surface area contributed by atoms with Crippen LogP contribution in [0.3, 0.4) is 0 Å². The molecule has 0 aliphatic heterocycles. The standard InChI is InChI=1S/C11H14FN3O/c1-6-3-9(6)15-11(16)8-4-7(12)5-14-10(8)13-2/h4-6,9H,3H2,1-2H3,(H,13,14)(H,15,16). The molecule has 1 heterocycles. The van der Waals surface area contributed by atoms with Crippen LogP contribution in [0.5, 0.6) is 0 Å². The number of carbonyl (C=O) groups excluding carboxylic acids is 1. The molecule has 4 nitrogen and oxygen atoms in total. The van der Waals surface area contributed by atoms with Crippen LogP contribution in [-0.2, 0) is 0 Å². The molecule has 2 rings (SSSR count). The van der Waals surface area contributed by atoms with Gasteiger partial charge in [-0.05, 0) is 18.4 Å². The summed E-state index contributed by atoms with van der Waals surface area (Å²) in [7, 11) is 1.65. The summed E-state index contributed by atoms with van der Waals surface area (Å²) >= 11 is 0. The highest BCUT2D eigenvalue weighted by molar-refractivity contribution is 5.99. The second kappa shape index (κ2) is 4.08. The van der Waals surface area contributed by atoms with Crippen LogP contribution in [0, 0.1) is 11.7 Å². The molecular weight excluding hydrogens is 209 g/mol. The van der Waals surface area contributed by atoms with Crippen LogP contribution in [-0.4, -0.2) is 24.0 Å². The van der Waals surface area contributed by atoms with Gasteiger partial charge in [-0.2, -0.15) is 0 Å². The van der Waals surface area contributed by atoms with E-state index in [1.807, 2.05) is 0 Å². The van der Waals surface area contributed by atoms with Gasteiger partial charge in [-0.3, -0.25) is 4.79 Å². The summed E-state index contributed by atoms with van der Waals surface area (Å²) in [6, 6.07) is 1.42. The zero-order chi connectivity index (χ0) is 11.7. The molecule has 86 valence electrons. The predicted octanol–water partition coefficient (Wildman–Crippen LogP) is 1.40.